The maximum Gasteiger partial charge on any atom is 0.287 e. The van der Waals surface area contributed by atoms with Gasteiger partial charge < -0.3 is 14.6 Å². The number of quaternary nitrogens is 1. The minimum Gasteiger partial charge on any atom is -0.459 e. The van der Waals surface area contributed by atoms with Crippen LogP contribution in [0.2, 0.25) is 0 Å². The molecule has 1 unspecified atom stereocenters. The maximum absolute atomic E-state index is 12.3. The number of furan rings is 1. The summed E-state index contributed by atoms with van der Waals surface area (Å²) < 4.78 is 5.19. The minimum atomic E-state index is -0.150. The summed E-state index contributed by atoms with van der Waals surface area (Å²) >= 11 is 1.76. The van der Waals surface area contributed by atoms with Gasteiger partial charge in [0.25, 0.3) is 5.91 Å². The van der Waals surface area contributed by atoms with Crippen LogP contribution >= 0.6 is 11.3 Å². The quantitative estimate of drug-likeness (QED) is 0.740. The van der Waals surface area contributed by atoms with E-state index in [-0.39, 0.29) is 11.9 Å². The maximum atomic E-state index is 12.3. The van der Waals surface area contributed by atoms with Crippen molar-refractivity contribution in [2.75, 3.05) is 13.1 Å². The van der Waals surface area contributed by atoms with Crippen molar-refractivity contribution in [1.82, 2.24) is 5.32 Å². The molecule has 0 spiro atoms. The summed E-state index contributed by atoms with van der Waals surface area (Å²) in [6, 6.07) is 16.6. The van der Waals surface area contributed by atoms with Crippen LogP contribution in [0.1, 0.15) is 32.6 Å². The van der Waals surface area contributed by atoms with Crippen LogP contribution in [0.15, 0.2) is 64.6 Å². The Bertz CT molecular complexity index is 827. The van der Waals surface area contributed by atoms with Crippen LogP contribution in [0, 0.1) is 0 Å². The van der Waals surface area contributed by atoms with Gasteiger partial charge in [-0.25, -0.2) is 0 Å². The molecule has 1 aliphatic rings. The summed E-state index contributed by atoms with van der Waals surface area (Å²) in [5.41, 5.74) is 2.87. The number of fused-ring (bicyclic) bond motifs is 1. The molecule has 4 nitrogen and oxygen atoms in total. The van der Waals surface area contributed by atoms with Crippen LogP contribution in [0.25, 0.3) is 0 Å². The molecule has 0 aliphatic carbocycles. The van der Waals surface area contributed by atoms with E-state index in [1.54, 1.807) is 23.5 Å². The molecule has 25 heavy (non-hydrogen) atoms. The third-order valence-electron chi connectivity index (χ3n) is 4.84. The zero-order chi connectivity index (χ0) is 17.1. The van der Waals surface area contributed by atoms with E-state index < -0.39 is 0 Å². The number of benzene rings is 1. The van der Waals surface area contributed by atoms with Crippen molar-refractivity contribution in [1.29, 1.82) is 0 Å². The summed E-state index contributed by atoms with van der Waals surface area (Å²) in [5, 5.41) is 5.15. The minimum absolute atomic E-state index is 0.150. The Labute approximate surface area is 151 Å². The van der Waals surface area contributed by atoms with Crippen molar-refractivity contribution in [3.8, 4) is 0 Å². The van der Waals surface area contributed by atoms with Gasteiger partial charge in [-0.1, -0.05) is 30.3 Å². The predicted molar refractivity (Wildman–Crippen MR) is 97.8 cm³/mol. The normalized spacial score (nSPS) is 17.7. The van der Waals surface area contributed by atoms with Gasteiger partial charge in [0.15, 0.2) is 5.76 Å². The zero-order valence-electron chi connectivity index (χ0n) is 13.9. The van der Waals surface area contributed by atoms with Crippen molar-refractivity contribution in [3.05, 3.63) is 81.9 Å². The number of hydrogen-bond donors (Lipinski definition) is 2. The summed E-state index contributed by atoms with van der Waals surface area (Å²) in [6.07, 6.45) is 2.61. The Morgan fingerprint density at radius 3 is 2.80 bits per heavy atom. The van der Waals surface area contributed by atoms with Gasteiger partial charge in [0.2, 0.25) is 0 Å². The van der Waals surface area contributed by atoms with E-state index in [0.29, 0.717) is 12.3 Å². The van der Waals surface area contributed by atoms with Gasteiger partial charge in [-0.2, -0.15) is 0 Å². The van der Waals surface area contributed by atoms with Crippen LogP contribution in [-0.4, -0.2) is 19.0 Å². The summed E-state index contributed by atoms with van der Waals surface area (Å²) in [6.45, 7) is 2.68. The lowest BCUT2D eigenvalue weighted by Crippen LogP contribution is -3.12. The number of hydrogen-bond acceptors (Lipinski definition) is 3. The first-order valence-corrected chi connectivity index (χ1v) is 9.45. The fraction of sp³-hybridized carbons (Fsp3) is 0.250. The second kappa shape index (κ2) is 7.25. The summed E-state index contributed by atoms with van der Waals surface area (Å²) in [7, 11) is 0. The van der Waals surface area contributed by atoms with Gasteiger partial charge in [0.1, 0.15) is 12.6 Å². The van der Waals surface area contributed by atoms with E-state index >= 15 is 0 Å². The molecule has 128 valence electrons. The van der Waals surface area contributed by atoms with E-state index in [1.165, 1.54) is 27.2 Å². The molecule has 0 fully saturated rings. The van der Waals surface area contributed by atoms with Crippen LogP contribution in [-0.2, 0) is 13.0 Å². The van der Waals surface area contributed by atoms with Gasteiger partial charge in [0.05, 0.1) is 24.2 Å². The zero-order valence-corrected chi connectivity index (χ0v) is 14.7. The highest BCUT2D eigenvalue weighted by Gasteiger charge is 2.29. The second-order valence-corrected chi connectivity index (χ2v) is 7.34. The molecule has 0 saturated carbocycles. The molecule has 2 atom stereocenters. The smallest absolute Gasteiger partial charge is 0.287 e. The monoisotopic (exact) mass is 353 g/mol. The number of thiophene rings is 1. The molecular formula is C20H21N2O2S+. The molecule has 5 heteroatoms. The topological polar surface area (TPSA) is 46.7 Å². The lowest BCUT2D eigenvalue weighted by Gasteiger charge is -2.32. The highest BCUT2D eigenvalue weighted by Crippen LogP contribution is 2.19. The van der Waals surface area contributed by atoms with Gasteiger partial charge >= 0.3 is 0 Å². The molecule has 1 aliphatic heterocycles. The van der Waals surface area contributed by atoms with E-state index in [2.05, 4.69) is 47.1 Å². The Hall–Kier alpha value is -2.37. The largest absolute Gasteiger partial charge is 0.459 e. The molecule has 2 aromatic heterocycles. The van der Waals surface area contributed by atoms with Crippen LogP contribution in [0.3, 0.4) is 0 Å². The third kappa shape index (κ3) is 3.52. The van der Waals surface area contributed by atoms with Crippen molar-refractivity contribution >= 4 is 17.2 Å². The average molecular weight is 353 g/mol. The average Bonchev–Trinajstić information content (AvgIpc) is 3.35. The Balaban J connectivity index is 1.50. The number of amides is 1. The van der Waals surface area contributed by atoms with Crippen molar-refractivity contribution < 1.29 is 14.1 Å². The molecule has 2 N–H and O–H groups in total. The Kier molecular flexibility index (Phi) is 4.68. The van der Waals surface area contributed by atoms with E-state index in [9.17, 15) is 4.79 Å². The number of nitrogens with one attached hydrogen (secondary N) is 2. The number of rotatable bonds is 5. The molecular weight excluding hydrogens is 332 g/mol. The summed E-state index contributed by atoms with van der Waals surface area (Å²) in [4.78, 5) is 15.1. The van der Waals surface area contributed by atoms with Gasteiger partial charge in [-0.3, -0.25) is 4.79 Å². The van der Waals surface area contributed by atoms with Crippen molar-refractivity contribution in [2.45, 2.75) is 19.0 Å². The first-order chi connectivity index (χ1) is 12.3. The fourth-order valence-electron chi connectivity index (χ4n) is 3.52. The first kappa shape index (κ1) is 16.1. The van der Waals surface area contributed by atoms with E-state index in [0.717, 1.165) is 19.5 Å². The number of carbonyl (C=O) groups is 1. The second-order valence-electron chi connectivity index (χ2n) is 6.36. The fourth-order valence-corrected chi connectivity index (χ4v) is 4.41. The molecule has 1 amide bonds. The molecule has 4 rings (SSSR count). The SMILES string of the molecule is O=C(NC[C@H](c1cccs1)[NH+]1CCc2ccccc2C1)c1ccco1. The standard InChI is InChI=1S/C20H20N2O2S/c23-20(18-7-3-11-24-18)21-13-17(19-8-4-12-25-19)22-10-9-15-5-1-2-6-16(15)14-22/h1-8,11-12,17H,9-10,13-14H2,(H,21,23)/p+1/t17-/m1/s1. The van der Waals surface area contributed by atoms with Gasteiger partial charge in [-0.15, -0.1) is 11.3 Å². The highest BCUT2D eigenvalue weighted by atomic mass is 32.1. The lowest BCUT2D eigenvalue weighted by atomic mass is 9.98. The lowest BCUT2D eigenvalue weighted by molar-refractivity contribution is -0.945. The van der Waals surface area contributed by atoms with Crippen molar-refractivity contribution in [3.63, 3.8) is 0 Å². The third-order valence-corrected chi connectivity index (χ3v) is 5.83. The molecule has 1 aromatic carbocycles. The number of carbonyl (C=O) groups excluding carboxylic acids is 1. The van der Waals surface area contributed by atoms with E-state index in [4.69, 9.17) is 4.42 Å². The molecule has 0 bridgehead atoms. The molecule has 0 radical (unpaired) electrons. The van der Waals surface area contributed by atoms with Crippen LogP contribution in [0.5, 0.6) is 0 Å². The van der Waals surface area contributed by atoms with Crippen molar-refractivity contribution in [2.24, 2.45) is 0 Å². The van der Waals surface area contributed by atoms with Crippen LogP contribution < -0.4 is 10.2 Å². The Morgan fingerprint density at radius 1 is 1.16 bits per heavy atom. The highest BCUT2D eigenvalue weighted by molar-refractivity contribution is 7.10. The molecule has 3 heterocycles. The Morgan fingerprint density at radius 2 is 2.04 bits per heavy atom. The van der Waals surface area contributed by atoms with E-state index in [1.807, 2.05) is 0 Å². The summed E-state index contributed by atoms with van der Waals surface area (Å²) in [5.74, 6) is 0.215. The molecule has 3 aromatic rings. The van der Waals surface area contributed by atoms with Crippen LogP contribution in [0.4, 0.5) is 0 Å². The first-order valence-electron chi connectivity index (χ1n) is 8.58. The van der Waals surface area contributed by atoms with Gasteiger partial charge in [0, 0.05) is 12.0 Å². The predicted octanol–water partition coefficient (Wildman–Crippen LogP) is 2.45. The molecule has 0 saturated heterocycles. The van der Waals surface area contributed by atoms with Gasteiger partial charge in [-0.05, 0) is 29.1 Å².